The molecule has 0 saturated carbocycles. The van der Waals surface area contributed by atoms with Crippen molar-refractivity contribution in [3.05, 3.63) is 102 Å². The predicted molar refractivity (Wildman–Crippen MR) is 143 cm³/mol. The van der Waals surface area contributed by atoms with Gasteiger partial charge in [0.2, 0.25) is 0 Å². The molecule has 0 amide bonds. The molecule has 4 rings (SSSR count). The molecule has 1 aromatic carbocycles. The van der Waals surface area contributed by atoms with Crippen molar-refractivity contribution in [2.45, 2.75) is 64.6 Å². The summed E-state index contributed by atoms with van der Waals surface area (Å²) >= 11 is 0. The van der Waals surface area contributed by atoms with Crippen LogP contribution in [0.5, 0.6) is 0 Å². The van der Waals surface area contributed by atoms with Crippen LogP contribution in [0.4, 0.5) is 0 Å². The van der Waals surface area contributed by atoms with E-state index in [0.717, 1.165) is 36.7 Å². The first-order valence-electron chi connectivity index (χ1n) is 12.1. The average molecular weight is 438 g/mol. The second-order valence-corrected chi connectivity index (χ2v) is 9.91. The molecule has 0 N–H and O–H groups in total. The Morgan fingerprint density at radius 3 is 2.03 bits per heavy atom. The van der Waals surface area contributed by atoms with Crippen molar-refractivity contribution in [3.63, 3.8) is 0 Å². The third kappa shape index (κ3) is 5.15. The topological polar surface area (TPSA) is 18.5 Å². The van der Waals surface area contributed by atoms with Crippen molar-refractivity contribution in [2.75, 3.05) is 0 Å². The molecule has 0 atom stereocenters. The summed E-state index contributed by atoms with van der Waals surface area (Å²) in [5, 5.41) is 0. The van der Waals surface area contributed by atoms with Crippen LogP contribution >= 0.6 is 0 Å². The number of rotatable bonds is 6. The lowest BCUT2D eigenvalue weighted by molar-refractivity contribution is 0.00578. The summed E-state index contributed by atoms with van der Waals surface area (Å²) in [6.45, 7) is 12.2. The molecule has 0 spiro atoms. The van der Waals surface area contributed by atoms with E-state index in [0.29, 0.717) is 0 Å². The molecule has 0 aromatic heterocycles. The van der Waals surface area contributed by atoms with Gasteiger partial charge in [-0.3, -0.25) is 0 Å². The van der Waals surface area contributed by atoms with Crippen LogP contribution in [0.2, 0.25) is 0 Å². The van der Waals surface area contributed by atoms with Crippen LogP contribution in [0.1, 0.15) is 70.1 Å². The largest absolute Gasteiger partial charge is 0.494 e. The van der Waals surface area contributed by atoms with E-state index in [-0.39, 0.29) is 11.2 Å². The molecule has 1 fully saturated rings. The fourth-order valence-corrected chi connectivity index (χ4v) is 4.30. The molecule has 1 aliphatic heterocycles. The quantitative estimate of drug-likeness (QED) is 0.332. The monoisotopic (exact) mass is 438 g/mol. The molecule has 2 nitrogen and oxygen atoms in total. The molecule has 33 heavy (non-hydrogen) atoms. The molecule has 1 aromatic rings. The van der Waals surface area contributed by atoms with Crippen LogP contribution in [0.3, 0.4) is 0 Å². The number of benzene rings is 1. The van der Waals surface area contributed by atoms with E-state index in [9.17, 15) is 0 Å². The zero-order chi connectivity index (χ0) is 23.5. The molecule has 0 bridgehead atoms. The average Bonchev–Trinajstić information content (AvgIpc) is 3.04. The Balaban J connectivity index is 1.66. The summed E-state index contributed by atoms with van der Waals surface area (Å²) in [5.41, 5.74) is 6.58. The minimum Gasteiger partial charge on any atom is -0.399 e. The number of hydrogen-bond donors (Lipinski definition) is 0. The lowest BCUT2D eigenvalue weighted by Crippen LogP contribution is -2.41. The van der Waals surface area contributed by atoms with Gasteiger partial charge in [0.05, 0.1) is 11.2 Å². The van der Waals surface area contributed by atoms with Gasteiger partial charge in [-0.05, 0) is 92.8 Å². The minimum absolute atomic E-state index is 0.373. The third-order valence-corrected chi connectivity index (χ3v) is 6.96. The van der Waals surface area contributed by atoms with E-state index in [2.05, 4.69) is 101 Å². The van der Waals surface area contributed by atoms with Gasteiger partial charge in [0.1, 0.15) is 0 Å². The van der Waals surface area contributed by atoms with Crippen molar-refractivity contribution in [1.82, 2.24) is 0 Å². The molecule has 1 heterocycles. The van der Waals surface area contributed by atoms with E-state index in [1.54, 1.807) is 6.08 Å². The zero-order valence-corrected chi connectivity index (χ0v) is 20.4. The van der Waals surface area contributed by atoms with Crippen molar-refractivity contribution >= 4 is 24.3 Å². The maximum absolute atomic E-state index is 6.26. The third-order valence-electron chi connectivity index (χ3n) is 6.96. The second kappa shape index (κ2) is 9.71. The van der Waals surface area contributed by atoms with E-state index in [1.807, 2.05) is 6.08 Å². The van der Waals surface area contributed by atoms with Gasteiger partial charge < -0.3 is 9.31 Å². The Labute approximate surface area is 199 Å². The number of allylic oxidation sites excluding steroid dienone is 12. The van der Waals surface area contributed by atoms with Crippen LogP contribution in [0.15, 0.2) is 84.9 Å². The van der Waals surface area contributed by atoms with Crippen molar-refractivity contribution in [1.29, 1.82) is 0 Å². The molecule has 0 radical (unpaired) electrons. The standard InChI is InChI=1S/C30H35BO2/c1-6-13-26(31-32-29(2,3)30(4,5)33-31)20-18-23-19-21-27(24-14-9-7-10-15-24)28(22-23)25-16-11-8-12-17-25/h6,9,11,13-22H,1,7-8,10,12H2,2-5H3/b20-18+,26-13+. The summed E-state index contributed by atoms with van der Waals surface area (Å²) in [7, 11) is -0.412. The Hall–Kier alpha value is -2.62. The molecule has 3 aliphatic rings. The van der Waals surface area contributed by atoms with Crippen LogP contribution in [-0.4, -0.2) is 18.3 Å². The summed E-state index contributed by atoms with van der Waals surface area (Å²) in [6, 6.07) is 6.75. The van der Waals surface area contributed by atoms with Crippen molar-refractivity contribution in [3.8, 4) is 0 Å². The maximum atomic E-state index is 6.26. The highest BCUT2D eigenvalue weighted by atomic mass is 16.7. The van der Waals surface area contributed by atoms with Gasteiger partial charge in [0.15, 0.2) is 0 Å². The molecule has 2 aliphatic carbocycles. The maximum Gasteiger partial charge on any atom is 0.494 e. The van der Waals surface area contributed by atoms with Gasteiger partial charge in [-0.1, -0.05) is 79.5 Å². The lowest BCUT2D eigenvalue weighted by Gasteiger charge is -2.32. The second-order valence-electron chi connectivity index (χ2n) is 9.91. The molecule has 170 valence electrons. The van der Waals surface area contributed by atoms with Gasteiger partial charge in [-0.2, -0.15) is 0 Å². The Kier molecular flexibility index (Phi) is 6.92. The summed E-state index contributed by atoms with van der Waals surface area (Å²) in [5.74, 6) is 0. The van der Waals surface area contributed by atoms with E-state index < -0.39 is 7.12 Å². The van der Waals surface area contributed by atoms with E-state index in [1.165, 1.54) is 22.3 Å². The Morgan fingerprint density at radius 2 is 1.48 bits per heavy atom. The first-order valence-corrected chi connectivity index (χ1v) is 12.1. The van der Waals surface area contributed by atoms with Crippen LogP contribution in [0, 0.1) is 0 Å². The first-order chi connectivity index (χ1) is 15.8. The van der Waals surface area contributed by atoms with E-state index in [4.69, 9.17) is 9.31 Å². The molecule has 3 heteroatoms. The summed E-state index contributed by atoms with van der Waals surface area (Å²) in [6.07, 6.45) is 26.2. The summed E-state index contributed by atoms with van der Waals surface area (Å²) < 4.78 is 12.5. The molecular weight excluding hydrogens is 403 g/mol. The van der Waals surface area contributed by atoms with E-state index >= 15 is 0 Å². The molecule has 1 saturated heterocycles. The van der Waals surface area contributed by atoms with Crippen molar-refractivity contribution < 1.29 is 9.31 Å². The number of hydrogen-bond acceptors (Lipinski definition) is 2. The molecule has 0 unspecified atom stereocenters. The minimum atomic E-state index is -0.412. The SMILES string of the molecule is C=C/C=C(\C=C\c1ccc(C2=CCCC=C2)c(C2=CCCC=C2)c1)B1OC(C)(C)C(C)(C)O1. The van der Waals surface area contributed by atoms with Gasteiger partial charge >= 0.3 is 7.12 Å². The predicted octanol–water partition coefficient (Wildman–Crippen LogP) is 7.91. The highest BCUT2D eigenvalue weighted by molar-refractivity contribution is 6.55. The lowest BCUT2D eigenvalue weighted by atomic mass is 9.77. The first kappa shape index (κ1) is 23.5. The summed E-state index contributed by atoms with van der Waals surface area (Å²) in [4.78, 5) is 0. The van der Waals surface area contributed by atoms with Crippen LogP contribution in [0.25, 0.3) is 17.2 Å². The molecular formula is C30H35BO2. The van der Waals surface area contributed by atoms with Gasteiger partial charge in [-0.25, -0.2) is 0 Å². The Morgan fingerprint density at radius 1 is 0.879 bits per heavy atom. The highest BCUT2D eigenvalue weighted by Crippen LogP contribution is 2.39. The fourth-order valence-electron chi connectivity index (χ4n) is 4.30. The van der Waals surface area contributed by atoms with Crippen molar-refractivity contribution in [2.24, 2.45) is 0 Å². The van der Waals surface area contributed by atoms with Crippen LogP contribution in [-0.2, 0) is 9.31 Å². The van der Waals surface area contributed by atoms with Gasteiger partial charge in [0.25, 0.3) is 0 Å². The highest BCUT2D eigenvalue weighted by Gasteiger charge is 2.51. The normalized spacial score (nSPS) is 21.9. The Bertz CT molecular complexity index is 1080. The van der Waals surface area contributed by atoms with Gasteiger partial charge in [0, 0.05) is 0 Å². The van der Waals surface area contributed by atoms with Gasteiger partial charge in [-0.15, -0.1) is 0 Å². The fraction of sp³-hybridized carbons (Fsp3) is 0.333. The van der Waals surface area contributed by atoms with Crippen LogP contribution < -0.4 is 0 Å². The zero-order valence-electron chi connectivity index (χ0n) is 20.4. The smallest absolute Gasteiger partial charge is 0.399 e.